The summed E-state index contributed by atoms with van der Waals surface area (Å²) in [5.74, 6) is -196. The summed E-state index contributed by atoms with van der Waals surface area (Å²) >= 11 is 0. The molecule has 0 aliphatic heterocycles. The molecule has 0 rings (SSSR count). The molecule has 0 aliphatic rings. The van der Waals surface area contributed by atoms with E-state index in [2.05, 4.69) is 0 Å². The fourth-order valence-corrected chi connectivity index (χ4v) is 3.66. The zero-order valence-electron chi connectivity index (χ0n) is 26.9. The van der Waals surface area contributed by atoms with Gasteiger partial charge in [-0.15, -0.1) is 0 Å². The van der Waals surface area contributed by atoms with Crippen LogP contribution >= 0.6 is 0 Å². The van der Waals surface area contributed by atoms with Crippen molar-refractivity contribution in [1.29, 1.82) is 0 Å². The highest BCUT2D eigenvalue weighted by molar-refractivity contribution is 5.77. The zero-order chi connectivity index (χ0) is 53.6. The minimum atomic E-state index is -10.7. The number of halogens is 41. The summed E-state index contributed by atoms with van der Waals surface area (Å²) in [6.07, 6.45) is -8.54. The first kappa shape index (κ1) is 60.6. The number of alkyl halides is 41. The Hall–Kier alpha value is -3.40. The molecule has 0 saturated heterocycles. The molecule has 2 nitrogen and oxygen atoms in total. The van der Waals surface area contributed by atoms with Gasteiger partial charge in [-0.3, -0.25) is 0 Å². The molecule has 0 aromatic heterocycles. The van der Waals surface area contributed by atoms with E-state index in [4.69, 9.17) is 5.11 Å². The minimum Gasteiger partial charge on any atom is -0.477 e. The largest absolute Gasteiger partial charge is 0.477 e. The van der Waals surface area contributed by atoms with Crippen molar-refractivity contribution in [2.75, 3.05) is 0 Å². The molecule has 1 N–H and O–H groups in total. The highest BCUT2D eigenvalue weighted by Gasteiger charge is 3.03. The van der Waals surface area contributed by atoms with Crippen LogP contribution in [-0.4, -0.2) is 130 Å². The normalized spacial score (nSPS) is 17.3. The molecule has 0 amide bonds. The van der Waals surface area contributed by atoms with Gasteiger partial charge in [-0.1, -0.05) is 0 Å². The second-order valence-corrected chi connectivity index (χ2v) is 11.7. The first-order valence-corrected chi connectivity index (χ1v) is 13.2. The fraction of sp³-hybridized carbons (Fsp3) is 0.952. The predicted molar refractivity (Wildman–Crippen MR) is 108 cm³/mol. The van der Waals surface area contributed by atoms with Gasteiger partial charge in [-0.05, 0) is 0 Å². The van der Waals surface area contributed by atoms with Crippen LogP contribution in [0.4, 0.5) is 180 Å². The molecule has 0 aliphatic carbocycles. The molecule has 384 valence electrons. The first-order chi connectivity index (χ1) is 26.7. The van der Waals surface area contributed by atoms with Crippen LogP contribution in [0.5, 0.6) is 0 Å². The Balaban J connectivity index is 8.02. The Morgan fingerprint density at radius 2 is 0.281 bits per heavy atom. The number of rotatable bonds is 19. The average molecular weight is 1060 g/mol. The molecule has 64 heavy (non-hydrogen) atoms. The van der Waals surface area contributed by atoms with Gasteiger partial charge in [-0.2, -0.15) is 180 Å². The van der Waals surface area contributed by atoms with Crippen molar-refractivity contribution in [2.24, 2.45) is 0 Å². The maximum atomic E-state index is 14.0. The third-order valence-electron chi connectivity index (χ3n) is 7.72. The van der Waals surface area contributed by atoms with E-state index in [1.165, 1.54) is 0 Å². The molecular formula is C21HF41O2. The van der Waals surface area contributed by atoms with Gasteiger partial charge < -0.3 is 5.11 Å². The summed E-state index contributed by atoms with van der Waals surface area (Å²) in [7, 11) is 0. The van der Waals surface area contributed by atoms with E-state index < -0.39 is 125 Å². The summed E-state index contributed by atoms with van der Waals surface area (Å²) in [6.45, 7) is 0. The van der Waals surface area contributed by atoms with Crippen LogP contribution in [0.3, 0.4) is 0 Å². The van der Waals surface area contributed by atoms with Crippen LogP contribution in [0, 0.1) is 0 Å². The third kappa shape index (κ3) is 6.45. The summed E-state index contributed by atoms with van der Waals surface area (Å²) in [5, 5.41) is 7.67. The average Bonchev–Trinajstić information content (AvgIpc) is 3.05. The maximum Gasteiger partial charge on any atom is 0.460 e. The fourth-order valence-electron chi connectivity index (χ4n) is 3.66. The molecule has 0 aromatic carbocycles. The lowest BCUT2D eigenvalue weighted by molar-refractivity contribution is -0.495. The van der Waals surface area contributed by atoms with Crippen molar-refractivity contribution in [2.45, 2.75) is 119 Å². The lowest BCUT2D eigenvalue weighted by atomic mass is 9.81. The Morgan fingerprint density at radius 3 is 0.375 bits per heavy atom. The number of hydrogen-bond acceptors (Lipinski definition) is 1. The van der Waals surface area contributed by atoms with E-state index in [-0.39, 0.29) is 0 Å². The van der Waals surface area contributed by atoms with Crippen molar-refractivity contribution in [3.63, 3.8) is 0 Å². The van der Waals surface area contributed by atoms with Gasteiger partial charge >= 0.3 is 125 Å². The van der Waals surface area contributed by atoms with Gasteiger partial charge in [0.25, 0.3) is 0 Å². The number of aliphatic carboxylic acids is 1. The minimum absolute atomic E-state index is 4.95. The molecule has 0 fully saturated rings. The van der Waals surface area contributed by atoms with Crippen molar-refractivity contribution < 1.29 is 190 Å². The predicted octanol–water partition coefficient (Wildman–Crippen LogP) is 12.7. The van der Waals surface area contributed by atoms with Crippen molar-refractivity contribution in [3.8, 4) is 0 Å². The highest BCUT2D eigenvalue weighted by Crippen LogP contribution is 2.71. The van der Waals surface area contributed by atoms with E-state index in [1.54, 1.807) is 0 Å². The quantitative estimate of drug-likeness (QED) is 0.131. The van der Waals surface area contributed by atoms with Gasteiger partial charge in [0.15, 0.2) is 0 Å². The molecule has 43 heteroatoms. The molecule has 0 bridgehead atoms. The molecule has 0 spiro atoms. The van der Waals surface area contributed by atoms with Crippen LogP contribution < -0.4 is 0 Å². The van der Waals surface area contributed by atoms with E-state index in [1.807, 2.05) is 0 Å². The molecule has 0 radical (unpaired) electrons. The Bertz CT molecular complexity index is 1740. The lowest BCUT2D eigenvalue weighted by Crippen LogP contribution is -2.80. The van der Waals surface area contributed by atoms with Crippen LogP contribution in [0.2, 0.25) is 0 Å². The Labute approximate surface area is 316 Å². The molecule has 0 atom stereocenters. The molecular weight excluding hydrogens is 1060 g/mol. The van der Waals surface area contributed by atoms with Crippen molar-refractivity contribution >= 4 is 5.97 Å². The zero-order valence-corrected chi connectivity index (χ0v) is 26.9. The molecule has 0 heterocycles. The second kappa shape index (κ2) is 14.3. The number of carbonyl (C=O) groups is 1. The smallest absolute Gasteiger partial charge is 0.460 e. The SMILES string of the molecule is O=C(O)C(F)(F)C(F)(F)C(F)(F)C(F)(F)C(F)(F)C(F)(F)C(F)(F)C(F)(F)C(F)(F)C(F)(F)C(F)(F)C(F)(F)C(F)(F)C(F)(F)C(F)(F)C(F)(F)C(F)(F)C(F)(F)C(F)(F)C(F)(F)F. The van der Waals surface area contributed by atoms with Gasteiger partial charge in [0.1, 0.15) is 0 Å². The number of hydrogen-bond donors (Lipinski definition) is 1. The summed E-state index contributed by atoms with van der Waals surface area (Å²) in [5.41, 5.74) is 0. The van der Waals surface area contributed by atoms with Gasteiger partial charge in [-0.25, -0.2) is 4.79 Å². The van der Waals surface area contributed by atoms with E-state index >= 15 is 0 Å². The topological polar surface area (TPSA) is 37.3 Å². The number of carboxylic acids is 1. The lowest BCUT2D eigenvalue weighted by Gasteiger charge is -2.47. The van der Waals surface area contributed by atoms with Crippen LogP contribution in [0.15, 0.2) is 0 Å². The van der Waals surface area contributed by atoms with Gasteiger partial charge in [0.05, 0.1) is 0 Å². The maximum absolute atomic E-state index is 14.0. The summed E-state index contributed by atoms with van der Waals surface area (Å²) in [6, 6.07) is 0. The summed E-state index contributed by atoms with van der Waals surface area (Å²) in [4.78, 5) is 9.98. The molecule has 0 aromatic rings. The van der Waals surface area contributed by atoms with Crippen molar-refractivity contribution in [1.82, 2.24) is 0 Å². The van der Waals surface area contributed by atoms with E-state index in [0.29, 0.717) is 0 Å². The van der Waals surface area contributed by atoms with Gasteiger partial charge in [0, 0.05) is 0 Å². The molecule has 0 unspecified atom stereocenters. The van der Waals surface area contributed by atoms with E-state index in [0.717, 1.165) is 0 Å². The van der Waals surface area contributed by atoms with Crippen LogP contribution in [-0.2, 0) is 4.79 Å². The molecule has 0 saturated carbocycles. The third-order valence-corrected chi connectivity index (χ3v) is 7.72. The van der Waals surface area contributed by atoms with Crippen molar-refractivity contribution in [3.05, 3.63) is 0 Å². The van der Waals surface area contributed by atoms with E-state index in [9.17, 15) is 185 Å². The highest BCUT2D eigenvalue weighted by atomic mass is 19.4. The second-order valence-electron chi connectivity index (χ2n) is 11.7. The summed E-state index contributed by atoms with van der Waals surface area (Å²) < 4.78 is 554. The monoisotopic (exact) mass is 1060 g/mol. The Morgan fingerprint density at radius 1 is 0.188 bits per heavy atom. The standard InChI is InChI=1S/C21HF41O2/c22-2(23,1(63)64)3(24,25)4(26,27)5(28,29)6(30,31)7(32,33)8(34,35)9(36,37)10(38,39)11(40,41)12(42,43)13(44,45)14(46,47)15(48,49)16(50,51)17(52,53)18(54,55)19(56,57)20(58,59)21(60,61)62/h(H,63,64). The Kier molecular flexibility index (Phi) is 13.5. The number of carboxylic acid groups (broad SMARTS) is 1. The van der Waals surface area contributed by atoms with Crippen LogP contribution in [0.25, 0.3) is 0 Å². The first-order valence-electron chi connectivity index (χ1n) is 13.2. The van der Waals surface area contributed by atoms with Gasteiger partial charge in [0.2, 0.25) is 0 Å². The van der Waals surface area contributed by atoms with Crippen LogP contribution in [0.1, 0.15) is 0 Å².